The number of carboxylic acids is 1. The first-order valence-corrected chi connectivity index (χ1v) is 34.1. The molecule has 2 unspecified atom stereocenters. The molecule has 464 valence electrons. The minimum atomic E-state index is -1.62. The molecule has 0 aliphatic carbocycles. The van der Waals surface area contributed by atoms with E-state index in [1.807, 2.05) is 21.1 Å². The van der Waals surface area contributed by atoms with E-state index in [0.29, 0.717) is 23.9 Å². The molecule has 2 atom stereocenters. The van der Waals surface area contributed by atoms with E-state index in [2.05, 4.69) is 50.3 Å². The Morgan fingerprint density at radius 2 is 0.684 bits per heavy atom. The number of hydrogen-bond acceptors (Lipinski definition) is 8. The number of likely N-dealkylation sites (N-methyl/N-ethyl adjacent to an activating group) is 1. The average molecular weight is 1110 g/mol. The molecule has 0 amide bonds. The number of rotatable bonds is 64. The van der Waals surface area contributed by atoms with E-state index < -0.39 is 24.3 Å². The molecule has 0 fully saturated rings. The summed E-state index contributed by atoms with van der Waals surface area (Å²) in [6.45, 7) is 4.79. The van der Waals surface area contributed by atoms with Crippen LogP contribution in [0.15, 0.2) is 36.5 Å². The fourth-order valence-electron chi connectivity index (χ4n) is 10.1. The van der Waals surface area contributed by atoms with Crippen LogP contribution in [-0.2, 0) is 33.3 Å². The van der Waals surface area contributed by atoms with Crippen LogP contribution in [0, 0.1) is 0 Å². The normalized spacial score (nSPS) is 12.9. The number of carbonyl (C=O) groups is 3. The largest absolute Gasteiger partial charge is 0.545 e. The zero-order chi connectivity index (χ0) is 57.6. The van der Waals surface area contributed by atoms with Crippen LogP contribution in [0.3, 0.4) is 0 Å². The van der Waals surface area contributed by atoms with Gasteiger partial charge < -0.3 is 33.3 Å². The molecule has 9 nitrogen and oxygen atoms in total. The lowest BCUT2D eigenvalue weighted by atomic mass is 10.0. The van der Waals surface area contributed by atoms with Crippen molar-refractivity contribution >= 4 is 17.9 Å². The summed E-state index contributed by atoms with van der Waals surface area (Å²) in [5.41, 5.74) is 0. The first kappa shape index (κ1) is 76.5. The number of hydrogen-bond donors (Lipinski definition) is 0. The number of carbonyl (C=O) groups excluding carboxylic acids is 3. The van der Waals surface area contributed by atoms with E-state index in [1.54, 1.807) is 0 Å². The van der Waals surface area contributed by atoms with Crippen LogP contribution in [0.1, 0.15) is 335 Å². The van der Waals surface area contributed by atoms with E-state index in [0.717, 1.165) is 38.5 Å². The Balaban J connectivity index is 4.10. The van der Waals surface area contributed by atoms with E-state index in [1.165, 1.54) is 263 Å². The van der Waals surface area contributed by atoms with Gasteiger partial charge in [-0.05, 0) is 70.6 Å². The van der Waals surface area contributed by atoms with Crippen LogP contribution < -0.4 is 5.11 Å². The van der Waals surface area contributed by atoms with Crippen molar-refractivity contribution in [2.24, 2.45) is 0 Å². The molecule has 0 radical (unpaired) electrons. The molecule has 0 spiro atoms. The number of ether oxygens (including phenoxy) is 4. The maximum atomic E-state index is 12.9. The van der Waals surface area contributed by atoms with Gasteiger partial charge in [0.1, 0.15) is 13.2 Å². The molecule has 0 aliphatic heterocycles. The van der Waals surface area contributed by atoms with Gasteiger partial charge in [-0.2, -0.15) is 0 Å². The first-order chi connectivity index (χ1) is 38.6. The molecular formula is C70H131NO8. The Labute approximate surface area is 490 Å². The molecule has 9 heteroatoms. The highest BCUT2D eigenvalue weighted by molar-refractivity contribution is 5.70. The zero-order valence-corrected chi connectivity index (χ0v) is 53.0. The van der Waals surface area contributed by atoms with Crippen molar-refractivity contribution in [3.8, 4) is 0 Å². The summed E-state index contributed by atoms with van der Waals surface area (Å²) in [6, 6.07) is 0. The highest BCUT2D eigenvalue weighted by Crippen LogP contribution is 2.18. The van der Waals surface area contributed by atoms with Crippen molar-refractivity contribution in [2.75, 3.05) is 47.5 Å². The van der Waals surface area contributed by atoms with Crippen molar-refractivity contribution in [1.29, 1.82) is 0 Å². The van der Waals surface area contributed by atoms with Gasteiger partial charge in [-0.15, -0.1) is 0 Å². The van der Waals surface area contributed by atoms with E-state index in [4.69, 9.17) is 18.9 Å². The maximum Gasteiger partial charge on any atom is 0.306 e. The van der Waals surface area contributed by atoms with E-state index >= 15 is 0 Å². The summed E-state index contributed by atoms with van der Waals surface area (Å²) in [6.07, 6.45) is 73.6. The number of allylic oxidation sites excluding steroid dienone is 6. The van der Waals surface area contributed by atoms with Gasteiger partial charge in [0.25, 0.3) is 0 Å². The van der Waals surface area contributed by atoms with Crippen LogP contribution in [0.2, 0.25) is 0 Å². The van der Waals surface area contributed by atoms with Crippen molar-refractivity contribution in [2.45, 2.75) is 347 Å². The SMILES string of the molecule is CCCCCCC/C=C\C/C=C\CCCCCCCCCCCCCCCC(=O)OC(COC(=O)CCCCCCCCCCCCCCCCCCC/C=C\CCCCCCCCCC)COC(OCC[N+](C)(C)C)C(=O)[O-]. The molecule has 0 bridgehead atoms. The summed E-state index contributed by atoms with van der Waals surface area (Å²) in [5, 5.41) is 11.8. The fourth-order valence-corrected chi connectivity index (χ4v) is 10.1. The number of quaternary nitrogens is 1. The van der Waals surface area contributed by atoms with Gasteiger partial charge in [-0.25, -0.2) is 0 Å². The molecule has 0 N–H and O–H groups in total. The van der Waals surface area contributed by atoms with Gasteiger partial charge in [-0.3, -0.25) is 9.59 Å². The lowest BCUT2D eigenvalue weighted by Crippen LogP contribution is -2.44. The van der Waals surface area contributed by atoms with Crippen LogP contribution in [0.25, 0.3) is 0 Å². The Morgan fingerprint density at radius 3 is 1.01 bits per heavy atom. The fraction of sp³-hybridized carbons (Fsp3) is 0.871. The summed E-state index contributed by atoms with van der Waals surface area (Å²) < 4.78 is 22.8. The average Bonchev–Trinajstić information content (AvgIpc) is 3.42. The standard InChI is InChI=1S/C70H131NO8/c1-6-8-10-12-14-16-18-20-22-24-26-28-30-32-33-34-35-37-38-40-42-44-46-48-50-52-54-56-58-60-67(72)77-64-66(65-78-70(69(74)75)76-63-62-71(3,4)5)79-68(73)61-59-57-55-53-51-49-47-45-43-41-39-36-31-29-27-25-23-21-19-17-15-13-11-9-7-2/h19,21,24-27,66,70H,6-18,20,22-23,28-65H2,1-5H3/b21-19-,26-24-,27-25-. The number of unbranched alkanes of at least 4 members (excludes halogenated alkanes) is 43. The smallest absolute Gasteiger partial charge is 0.306 e. The molecule has 79 heavy (non-hydrogen) atoms. The van der Waals surface area contributed by atoms with Crippen LogP contribution in [-0.4, -0.2) is 82.3 Å². The van der Waals surface area contributed by atoms with Crippen LogP contribution in [0.4, 0.5) is 0 Å². The Kier molecular flexibility index (Phi) is 59.6. The van der Waals surface area contributed by atoms with E-state index in [-0.39, 0.29) is 32.2 Å². The van der Waals surface area contributed by atoms with Crippen molar-refractivity contribution in [1.82, 2.24) is 0 Å². The van der Waals surface area contributed by atoms with Gasteiger partial charge in [0, 0.05) is 12.8 Å². The molecule has 0 aliphatic rings. The number of esters is 2. The highest BCUT2D eigenvalue weighted by atomic mass is 16.7. The Morgan fingerprint density at radius 1 is 0.380 bits per heavy atom. The topological polar surface area (TPSA) is 111 Å². The van der Waals surface area contributed by atoms with Crippen LogP contribution >= 0.6 is 0 Å². The third kappa shape index (κ3) is 63.0. The lowest BCUT2D eigenvalue weighted by Gasteiger charge is -2.26. The molecule has 0 aromatic rings. The van der Waals surface area contributed by atoms with E-state index in [9.17, 15) is 19.5 Å². The van der Waals surface area contributed by atoms with Gasteiger partial charge in [0.15, 0.2) is 12.4 Å². The van der Waals surface area contributed by atoms with Gasteiger partial charge in [-0.1, -0.05) is 288 Å². The first-order valence-electron chi connectivity index (χ1n) is 34.1. The zero-order valence-electron chi connectivity index (χ0n) is 53.0. The van der Waals surface area contributed by atoms with Crippen LogP contribution in [0.5, 0.6) is 0 Å². The van der Waals surface area contributed by atoms with Crippen molar-refractivity contribution in [3.05, 3.63) is 36.5 Å². The minimum absolute atomic E-state index is 0.149. The van der Waals surface area contributed by atoms with Crippen molar-refractivity contribution < 1.29 is 42.9 Å². The quantitative estimate of drug-likeness (QED) is 0.0195. The molecular weight excluding hydrogens is 983 g/mol. The third-order valence-electron chi connectivity index (χ3n) is 15.4. The predicted octanol–water partition coefficient (Wildman–Crippen LogP) is 19.5. The summed E-state index contributed by atoms with van der Waals surface area (Å²) in [7, 11) is 5.94. The molecule has 0 heterocycles. The molecule has 0 aromatic heterocycles. The minimum Gasteiger partial charge on any atom is -0.545 e. The second-order valence-corrected chi connectivity index (χ2v) is 24.5. The molecule has 0 aromatic carbocycles. The summed E-state index contributed by atoms with van der Waals surface area (Å²) in [5.74, 6) is -2.26. The maximum absolute atomic E-state index is 12.9. The molecule has 0 saturated carbocycles. The molecule has 0 saturated heterocycles. The second kappa shape index (κ2) is 61.6. The monoisotopic (exact) mass is 1110 g/mol. The number of aliphatic carboxylic acids is 1. The Bertz CT molecular complexity index is 1390. The van der Waals surface area contributed by atoms with Gasteiger partial charge in [0.2, 0.25) is 0 Å². The third-order valence-corrected chi connectivity index (χ3v) is 15.4. The summed E-state index contributed by atoms with van der Waals surface area (Å²) in [4.78, 5) is 37.5. The highest BCUT2D eigenvalue weighted by Gasteiger charge is 2.22. The summed E-state index contributed by atoms with van der Waals surface area (Å²) >= 11 is 0. The Hall–Kier alpha value is -2.49. The lowest BCUT2D eigenvalue weighted by molar-refractivity contribution is -0.870. The predicted molar refractivity (Wildman–Crippen MR) is 334 cm³/mol. The number of carboxylic acid groups (broad SMARTS) is 1. The van der Waals surface area contributed by atoms with Crippen molar-refractivity contribution in [3.63, 3.8) is 0 Å². The van der Waals surface area contributed by atoms with Gasteiger partial charge in [0.05, 0.1) is 40.3 Å². The number of nitrogens with zero attached hydrogens (tertiary/aromatic N) is 1. The molecule has 0 rings (SSSR count). The van der Waals surface area contributed by atoms with Gasteiger partial charge >= 0.3 is 11.9 Å². The second-order valence-electron chi connectivity index (χ2n) is 24.5.